The minimum atomic E-state index is 0.253. The fourth-order valence-corrected chi connectivity index (χ4v) is 4.18. The van der Waals surface area contributed by atoms with Gasteiger partial charge in [-0.2, -0.15) is 10.2 Å². The summed E-state index contributed by atoms with van der Waals surface area (Å²) in [6.07, 6.45) is 7.39. The molecule has 0 amide bonds. The Balaban J connectivity index is 1.42. The van der Waals surface area contributed by atoms with E-state index in [0.717, 1.165) is 40.0 Å². The number of halogens is 2. The van der Waals surface area contributed by atoms with Crippen molar-refractivity contribution in [2.24, 2.45) is 12.1 Å². The van der Waals surface area contributed by atoms with Crippen LogP contribution in [0.1, 0.15) is 11.5 Å². The molecule has 1 aliphatic heterocycles. The summed E-state index contributed by atoms with van der Waals surface area (Å²) in [6, 6.07) is 7.93. The van der Waals surface area contributed by atoms with Crippen LogP contribution in [0.2, 0.25) is 10.0 Å². The van der Waals surface area contributed by atoms with Crippen LogP contribution >= 0.6 is 23.2 Å². The topological polar surface area (TPSA) is 74.1 Å². The lowest BCUT2D eigenvalue weighted by Crippen LogP contribution is -2.12. The quantitative estimate of drug-likeness (QED) is 0.467. The van der Waals surface area contributed by atoms with Crippen LogP contribution in [0.3, 0.4) is 0 Å². The van der Waals surface area contributed by atoms with E-state index in [1.165, 1.54) is 0 Å². The van der Waals surface area contributed by atoms with Gasteiger partial charge < -0.3 is 10.3 Å². The molecule has 0 radical (unpaired) electrons. The number of pyridine rings is 1. The van der Waals surface area contributed by atoms with Gasteiger partial charge in [-0.15, -0.1) is 0 Å². The maximum Gasteiger partial charge on any atom is 0.132 e. The number of hydrogen-bond donors (Lipinski definition) is 2. The second kappa shape index (κ2) is 7.34. The Bertz CT molecular complexity index is 1270. The highest BCUT2D eigenvalue weighted by molar-refractivity contribution is 6.38. The molecule has 2 N–H and O–H groups in total. The number of hydrogen-bond acceptors (Lipinski definition) is 5. The van der Waals surface area contributed by atoms with Gasteiger partial charge in [0.25, 0.3) is 0 Å². The molecule has 9 heteroatoms. The highest BCUT2D eigenvalue weighted by atomic mass is 35.5. The van der Waals surface area contributed by atoms with E-state index in [1.807, 2.05) is 49.7 Å². The minimum Gasteiger partial charge on any atom is -0.353 e. The van der Waals surface area contributed by atoms with E-state index in [1.54, 1.807) is 17.1 Å². The SMILES string of the molecule is CN1CC(c2ccc(Nc3cc4[nH]c(-c5cnn(C)c5)c(Cl)c4cn3)c(Cl)c2)C=N1. The van der Waals surface area contributed by atoms with Crippen LogP contribution in [0.25, 0.3) is 22.2 Å². The van der Waals surface area contributed by atoms with Gasteiger partial charge in [0, 0.05) is 62.2 Å². The van der Waals surface area contributed by atoms with Crippen LogP contribution in [-0.2, 0) is 7.05 Å². The molecule has 0 aliphatic carbocycles. The lowest BCUT2D eigenvalue weighted by atomic mass is 10.0. The lowest BCUT2D eigenvalue weighted by molar-refractivity contribution is 0.381. The second-order valence-corrected chi connectivity index (χ2v) is 8.19. The Kier molecular flexibility index (Phi) is 4.64. The van der Waals surface area contributed by atoms with E-state index in [9.17, 15) is 0 Å². The zero-order chi connectivity index (χ0) is 20.8. The first kappa shape index (κ1) is 19.0. The molecule has 0 spiro atoms. The van der Waals surface area contributed by atoms with Gasteiger partial charge in [-0.1, -0.05) is 29.3 Å². The number of H-pyrrole nitrogens is 1. The maximum atomic E-state index is 6.56. The third kappa shape index (κ3) is 3.40. The zero-order valence-corrected chi connectivity index (χ0v) is 17.9. The van der Waals surface area contributed by atoms with Gasteiger partial charge in [-0.05, 0) is 17.7 Å². The molecular formula is C21H19Cl2N7. The molecule has 1 aromatic carbocycles. The van der Waals surface area contributed by atoms with Crippen LogP contribution in [0, 0.1) is 0 Å². The number of rotatable bonds is 4. The summed E-state index contributed by atoms with van der Waals surface area (Å²) in [5.74, 6) is 0.929. The molecular weight excluding hydrogens is 421 g/mol. The summed E-state index contributed by atoms with van der Waals surface area (Å²) >= 11 is 13.1. The molecule has 0 fully saturated rings. The predicted octanol–water partition coefficient (Wildman–Crippen LogP) is 5.03. The van der Waals surface area contributed by atoms with Crippen LogP contribution < -0.4 is 5.32 Å². The molecule has 1 unspecified atom stereocenters. The predicted molar refractivity (Wildman–Crippen MR) is 122 cm³/mol. The molecule has 30 heavy (non-hydrogen) atoms. The molecule has 4 heterocycles. The van der Waals surface area contributed by atoms with Gasteiger partial charge >= 0.3 is 0 Å². The number of aryl methyl sites for hydroxylation is 1. The maximum absolute atomic E-state index is 6.56. The van der Waals surface area contributed by atoms with Crippen molar-refractivity contribution in [2.45, 2.75) is 5.92 Å². The molecule has 1 aliphatic rings. The largest absolute Gasteiger partial charge is 0.353 e. The first-order chi connectivity index (χ1) is 14.5. The van der Waals surface area contributed by atoms with Gasteiger partial charge in [0.15, 0.2) is 0 Å². The number of aromatic amines is 1. The van der Waals surface area contributed by atoms with E-state index < -0.39 is 0 Å². The van der Waals surface area contributed by atoms with E-state index in [-0.39, 0.29) is 5.92 Å². The van der Waals surface area contributed by atoms with Gasteiger partial charge in [-0.25, -0.2) is 4.98 Å². The lowest BCUT2D eigenvalue weighted by Gasteiger charge is -2.13. The Morgan fingerprint density at radius 2 is 2.03 bits per heavy atom. The third-order valence-corrected chi connectivity index (χ3v) is 5.91. The van der Waals surface area contributed by atoms with Crippen LogP contribution in [0.4, 0.5) is 11.5 Å². The molecule has 0 saturated carbocycles. The van der Waals surface area contributed by atoms with Crippen molar-refractivity contribution >= 4 is 51.8 Å². The number of likely N-dealkylation sites (N-methyl/N-ethyl adjacent to an activating group) is 1. The highest BCUT2D eigenvalue weighted by Gasteiger charge is 2.18. The first-order valence-corrected chi connectivity index (χ1v) is 10.2. The van der Waals surface area contributed by atoms with Crippen molar-refractivity contribution in [3.8, 4) is 11.3 Å². The molecule has 4 aromatic rings. The molecule has 7 nitrogen and oxygen atoms in total. The monoisotopic (exact) mass is 439 g/mol. The van der Waals surface area contributed by atoms with Gasteiger partial charge in [-0.3, -0.25) is 9.69 Å². The van der Waals surface area contributed by atoms with Crippen molar-refractivity contribution < 1.29 is 0 Å². The fraction of sp³-hybridized carbons (Fsp3) is 0.190. The summed E-state index contributed by atoms with van der Waals surface area (Å²) in [5.41, 5.74) is 4.56. The van der Waals surface area contributed by atoms with Gasteiger partial charge in [0.2, 0.25) is 0 Å². The highest BCUT2D eigenvalue weighted by Crippen LogP contribution is 2.35. The number of hydrazone groups is 1. The van der Waals surface area contributed by atoms with Crippen molar-refractivity contribution in [1.82, 2.24) is 24.8 Å². The number of anilines is 2. The number of benzene rings is 1. The number of fused-ring (bicyclic) bond motifs is 1. The van der Waals surface area contributed by atoms with E-state index in [4.69, 9.17) is 23.2 Å². The normalized spacial score (nSPS) is 16.0. The van der Waals surface area contributed by atoms with Crippen molar-refractivity contribution in [3.63, 3.8) is 0 Å². The summed E-state index contributed by atoms with van der Waals surface area (Å²) in [4.78, 5) is 7.87. The molecule has 1 atom stereocenters. The number of nitrogens with zero attached hydrogens (tertiary/aromatic N) is 5. The number of aromatic nitrogens is 4. The average Bonchev–Trinajstić information content (AvgIpc) is 3.43. The van der Waals surface area contributed by atoms with Crippen LogP contribution in [0.15, 0.2) is 48.0 Å². The Labute approximate surface area is 183 Å². The van der Waals surface area contributed by atoms with E-state index in [0.29, 0.717) is 15.9 Å². The second-order valence-electron chi connectivity index (χ2n) is 7.41. The smallest absolute Gasteiger partial charge is 0.132 e. The molecule has 3 aromatic heterocycles. The Hall–Kier alpha value is -3.03. The van der Waals surface area contributed by atoms with Crippen molar-refractivity contribution in [2.75, 3.05) is 18.9 Å². The van der Waals surface area contributed by atoms with Crippen LogP contribution in [0.5, 0.6) is 0 Å². The molecule has 0 saturated heterocycles. The Morgan fingerprint density at radius 3 is 2.73 bits per heavy atom. The summed E-state index contributed by atoms with van der Waals surface area (Å²) in [6.45, 7) is 0.855. The molecule has 5 rings (SSSR count). The summed E-state index contributed by atoms with van der Waals surface area (Å²) in [7, 11) is 3.83. The summed E-state index contributed by atoms with van der Waals surface area (Å²) < 4.78 is 1.74. The number of nitrogens with one attached hydrogen (secondary N) is 2. The van der Waals surface area contributed by atoms with Gasteiger partial charge in [0.1, 0.15) is 5.82 Å². The van der Waals surface area contributed by atoms with Crippen molar-refractivity contribution in [1.29, 1.82) is 0 Å². The minimum absolute atomic E-state index is 0.253. The van der Waals surface area contributed by atoms with Crippen LogP contribution in [-0.4, -0.2) is 44.6 Å². The summed E-state index contributed by atoms with van der Waals surface area (Å²) in [5, 5.41) is 15.8. The zero-order valence-electron chi connectivity index (χ0n) is 16.4. The van der Waals surface area contributed by atoms with E-state index in [2.05, 4.69) is 31.6 Å². The van der Waals surface area contributed by atoms with E-state index >= 15 is 0 Å². The Morgan fingerprint density at radius 1 is 1.17 bits per heavy atom. The third-order valence-electron chi connectivity index (χ3n) is 5.20. The molecule has 152 valence electrons. The first-order valence-electron chi connectivity index (χ1n) is 9.46. The van der Waals surface area contributed by atoms with Gasteiger partial charge in [0.05, 0.1) is 33.1 Å². The average molecular weight is 440 g/mol. The van der Waals surface area contributed by atoms with Crippen molar-refractivity contribution in [3.05, 3.63) is 58.5 Å². The standard InChI is InChI=1S/C21H19Cl2N7/c1-29-10-13(7-25-29)12-3-4-17(16(22)5-12)27-19-6-18-15(9-24-19)20(23)21(28-18)14-8-26-30(2)11-14/h3-9,11,13,28H,10H2,1-2H3,(H,24,27). The fourth-order valence-electron chi connectivity index (χ4n) is 3.64. The molecule has 0 bridgehead atoms.